The molecule has 0 saturated carbocycles. The van der Waals surface area contributed by atoms with Crippen molar-refractivity contribution in [1.82, 2.24) is 5.32 Å². The Morgan fingerprint density at radius 2 is 1.97 bits per heavy atom. The minimum absolute atomic E-state index is 0.0790. The second-order valence-electron chi connectivity index (χ2n) is 6.15. The van der Waals surface area contributed by atoms with Gasteiger partial charge in [0.2, 0.25) is 0 Å². The van der Waals surface area contributed by atoms with Crippen LogP contribution in [0.15, 0.2) is 36.9 Å². The summed E-state index contributed by atoms with van der Waals surface area (Å²) in [6, 6.07) is 7.79. The van der Waals surface area contributed by atoms with Crippen LogP contribution in [0.1, 0.15) is 29.3 Å². The van der Waals surface area contributed by atoms with E-state index < -0.39 is 17.9 Å². The monoisotopic (exact) mass is 404 g/mol. The smallest absolute Gasteiger partial charge is 0.311 e. The Balaban J connectivity index is 2.83. The molecule has 0 aromatic heterocycles. The molecule has 0 radical (unpaired) electrons. The van der Waals surface area contributed by atoms with Crippen molar-refractivity contribution in [2.24, 2.45) is 5.92 Å². The van der Waals surface area contributed by atoms with E-state index in [9.17, 15) is 9.59 Å². The zero-order valence-corrected chi connectivity index (χ0v) is 16.9. The first-order valence-electron chi connectivity index (χ1n) is 9.28. The number of benzene rings is 1. The molecule has 1 amide bonds. The highest BCUT2D eigenvalue weighted by molar-refractivity contribution is 5.94. The number of nitrogens with zero attached hydrogens (tertiary/aromatic N) is 1. The van der Waals surface area contributed by atoms with E-state index in [1.165, 1.54) is 13.2 Å². The molecule has 1 aromatic carbocycles. The fourth-order valence-corrected chi connectivity index (χ4v) is 2.50. The maximum Gasteiger partial charge on any atom is 0.311 e. The standard InChI is InChI=1S/C21H28N2O6/c1-4-10-29-21(25)18(13-26-3)11-19(14-28-15-27-5-2)23-20(24)17-8-6-16(12-22)7-9-17/h4,6-9,18-19H,1,5,10-11,13-15H2,2-3H3,(H,23,24). The second-order valence-corrected chi connectivity index (χ2v) is 6.15. The molecule has 0 aliphatic rings. The van der Waals surface area contributed by atoms with Crippen LogP contribution in [0.2, 0.25) is 0 Å². The Labute approximate surface area is 171 Å². The molecule has 2 atom stereocenters. The van der Waals surface area contributed by atoms with Crippen LogP contribution in [0.3, 0.4) is 0 Å². The van der Waals surface area contributed by atoms with Crippen LogP contribution >= 0.6 is 0 Å². The third kappa shape index (κ3) is 9.34. The largest absolute Gasteiger partial charge is 0.461 e. The predicted molar refractivity (Wildman–Crippen MR) is 106 cm³/mol. The second kappa shape index (κ2) is 14.3. The molecule has 8 nitrogen and oxygen atoms in total. The lowest BCUT2D eigenvalue weighted by atomic mass is 10.0. The number of rotatable bonds is 14. The molecular weight excluding hydrogens is 376 g/mol. The van der Waals surface area contributed by atoms with Crippen LogP contribution in [0.25, 0.3) is 0 Å². The maximum atomic E-state index is 12.6. The van der Waals surface area contributed by atoms with Crippen molar-refractivity contribution in [1.29, 1.82) is 5.26 Å². The number of carbonyl (C=O) groups excluding carboxylic acids is 2. The van der Waals surface area contributed by atoms with Crippen molar-refractivity contribution in [3.63, 3.8) is 0 Å². The van der Waals surface area contributed by atoms with Crippen molar-refractivity contribution in [2.75, 3.05) is 40.3 Å². The van der Waals surface area contributed by atoms with Crippen molar-refractivity contribution in [3.05, 3.63) is 48.0 Å². The summed E-state index contributed by atoms with van der Waals surface area (Å²) in [5, 5.41) is 11.7. The first kappa shape index (κ1) is 24.3. The molecule has 0 spiro atoms. The third-order valence-electron chi connectivity index (χ3n) is 3.91. The van der Waals surface area contributed by atoms with Crippen LogP contribution < -0.4 is 5.32 Å². The van der Waals surface area contributed by atoms with E-state index in [0.29, 0.717) is 17.7 Å². The summed E-state index contributed by atoms with van der Waals surface area (Å²) >= 11 is 0. The van der Waals surface area contributed by atoms with Crippen LogP contribution in [0.4, 0.5) is 0 Å². The molecule has 0 bridgehead atoms. The number of methoxy groups -OCH3 is 1. The summed E-state index contributed by atoms with van der Waals surface area (Å²) in [6.45, 7) is 6.34. The van der Waals surface area contributed by atoms with Crippen LogP contribution in [-0.4, -0.2) is 58.2 Å². The lowest BCUT2D eigenvalue weighted by Gasteiger charge is -2.23. The Kier molecular flexibility index (Phi) is 12.0. The van der Waals surface area contributed by atoms with E-state index >= 15 is 0 Å². The number of carbonyl (C=O) groups is 2. The summed E-state index contributed by atoms with van der Waals surface area (Å²) in [7, 11) is 1.49. The highest BCUT2D eigenvalue weighted by Gasteiger charge is 2.26. The number of nitrogens with one attached hydrogen (secondary N) is 1. The summed E-state index contributed by atoms with van der Waals surface area (Å²) in [5.41, 5.74) is 0.861. The van der Waals surface area contributed by atoms with E-state index in [1.807, 2.05) is 13.0 Å². The van der Waals surface area contributed by atoms with Crippen LogP contribution in [0.5, 0.6) is 0 Å². The van der Waals surface area contributed by atoms with Crippen molar-refractivity contribution < 1.29 is 28.5 Å². The number of ether oxygens (including phenoxy) is 4. The summed E-state index contributed by atoms with van der Waals surface area (Å²) < 4.78 is 20.9. The number of nitriles is 1. The van der Waals surface area contributed by atoms with Gasteiger partial charge in [0.25, 0.3) is 5.91 Å². The summed E-state index contributed by atoms with van der Waals surface area (Å²) in [5.74, 6) is -1.36. The first-order valence-corrected chi connectivity index (χ1v) is 9.28. The molecule has 0 aliphatic carbocycles. The average molecular weight is 404 g/mol. The van der Waals surface area contributed by atoms with Gasteiger partial charge in [0.15, 0.2) is 0 Å². The normalized spacial score (nSPS) is 12.4. The van der Waals surface area contributed by atoms with Gasteiger partial charge in [-0.3, -0.25) is 9.59 Å². The van der Waals surface area contributed by atoms with Gasteiger partial charge < -0.3 is 24.3 Å². The summed E-state index contributed by atoms with van der Waals surface area (Å²) in [6.07, 6.45) is 1.75. The van der Waals surface area contributed by atoms with Gasteiger partial charge in [0.1, 0.15) is 13.4 Å². The van der Waals surface area contributed by atoms with E-state index in [2.05, 4.69) is 11.9 Å². The fourth-order valence-electron chi connectivity index (χ4n) is 2.50. The maximum absolute atomic E-state index is 12.6. The van der Waals surface area contributed by atoms with Gasteiger partial charge in [0.05, 0.1) is 36.8 Å². The molecular formula is C21H28N2O6. The van der Waals surface area contributed by atoms with Gasteiger partial charge in [-0.25, -0.2) is 0 Å². The molecule has 0 aliphatic heterocycles. The number of esters is 1. The lowest BCUT2D eigenvalue weighted by molar-refractivity contribution is -0.149. The highest BCUT2D eigenvalue weighted by atomic mass is 16.7. The van der Waals surface area contributed by atoms with Gasteiger partial charge in [-0.1, -0.05) is 12.7 Å². The molecule has 158 valence electrons. The number of amides is 1. The zero-order valence-electron chi connectivity index (χ0n) is 16.9. The number of hydrogen-bond donors (Lipinski definition) is 1. The molecule has 0 heterocycles. The van der Waals surface area contributed by atoms with E-state index in [-0.39, 0.29) is 38.9 Å². The first-order chi connectivity index (χ1) is 14.0. The topological polar surface area (TPSA) is 107 Å². The van der Waals surface area contributed by atoms with Gasteiger partial charge in [-0.2, -0.15) is 5.26 Å². The van der Waals surface area contributed by atoms with E-state index in [4.69, 9.17) is 24.2 Å². The third-order valence-corrected chi connectivity index (χ3v) is 3.91. The van der Waals surface area contributed by atoms with Gasteiger partial charge >= 0.3 is 5.97 Å². The predicted octanol–water partition coefficient (Wildman–Crippen LogP) is 2.05. The van der Waals surface area contributed by atoms with E-state index in [0.717, 1.165) is 0 Å². The van der Waals surface area contributed by atoms with Gasteiger partial charge in [-0.15, -0.1) is 0 Å². The van der Waals surface area contributed by atoms with Crippen molar-refractivity contribution in [2.45, 2.75) is 19.4 Å². The molecule has 0 fully saturated rings. The van der Waals surface area contributed by atoms with Gasteiger partial charge in [-0.05, 0) is 37.6 Å². The minimum atomic E-state index is -0.582. The minimum Gasteiger partial charge on any atom is -0.461 e. The van der Waals surface area contributed by atoms with Crippen molar-refractivity contribution >= 4 is 11.9 Å². The molecule has 29 heavy (non-hydrogen) atoms. The van der Waals surface area contributed by atoms with Crippen LogP contribution in [0, 0.1) is 17.2 Å². The molecule has 0 saturated heterocycles. The Morgan fingerprint density at radius 1 is 1.24 bits per heavy atom. The Bertz CT molecular complexity index is 683. The molecule has 1 N–H and O–H groups in total. The molecule has 8 heteroatoms. The van der Waals surface area contributed by atoms with Gasteiger partial charge in [0, 0.05) is 19.3 Å². The van der Waals surface area contributed by atoms with Crippen molar-refractivity contribution in [3.8, 4) is 6.07 Å². The van der Waals surface area contributed by atoms with E-state index in [1.54, 1.807) is 24.3 Å². The average Bonchev–Trinajstić information content (AvgIpc) is 2.74. The quantitative estimate of drug-likeness (QED) is 0.219. The number of hydrogen-bond acceptors (Lipinski definition) is 7. The SMILES string of the molecule is C=CCOC(=O)C(COC)CC(COCOCC)NC(=O)c1ccc(C#N)cc1. The zero-order chi connectivity index (χ0) is 21.5. The summed E-state index contributed by atoms with van der Waals surface area (Å²) in [4.78, 5) is 24.9. The lowest BCUT2D eigenvalue weighted by Crippen LogP contribution is -2.42. The Hall–Kier alpha value is -2.73. The highest BCUT2D eigenvalue weighted by Crippen LogP contribution is 2.12. The molecule has 1 aromatic rings. The Morgan fingerprint density at radius 3 is 2.55 bits per heavy atom. The molecule has 2 unspecified atom stereocenters. The van der Waals surface area contributed by atoms with Crippen LogP contribution in [-0.2, 0) is 23.7 Å². The molecule has 1 rings (SSSR count). The fraction of sp³-hybridized carbons (Fsp3) is 0.476.